The Morgan fingerprint density at radius 3 is 2.52 bits per heavy atom. The van der Waals surface area contributed by atoms with Gasteiger partial charge >= 0.3 is 5.97 Å². The summed E-state index contributed by atoms with van der Waals surface area (Å²) in [6, 6.07) is 7.78. The highest BCUT2D eigenvalue weighted by atomic mass is 35.5. The van der Waals surface area contributed by atoms with Gasteiger partial charge in [0.2, 0.25) is 0 Å². The molecule has 0 aliphatic carbocycles. The first-order valence-corrected chi connectivity index (χ1v) is 6.50. The molecule has 2 rings (SSSR count). The lowest BCUT2D eigenvalue weighted by molar-refractivity contribution is 0.0692. The molecule has 1 atom stereocenters. The Bertz CT molecular complexity index is 691. The predicted molar refractivity (Wildman–Crippen MR) is 76.8 cm³/mol. The minimum atomic E-state index is -1.35. The molecule has 0 saturated carbocycles. The van der Waals surface area contributed by atoms with Crippen LogP contribution < -0.4 is 5.32 Å². The van der Waals surface area contributed by atoms with Gasteiger partial charge in [-0.05, 0) is 42.8 Å². The van der Waals surface area contributed by atoms with E-state index in [0.29, 0.717) is 11.3 Å². The number of hydrogen-bond acceptors (Lipinski definition) is 2. The fraction of sp³-hybridized carbons (Fsp3) is 0.133. The molecule has 0 fully saturated rings. The average Bonchev–Trinajstić information content (AvgIpc) is 2.43. The molecule has 2 N–H and O–H groups in total. The standard InChI is InChI=1S/C15H12ClF2NO2/c1-8(9-2-4-12(16)14(18)6-9)19-10-3-5-13(17)11(7-10)15(20)21/h2-8,19H,1H3,(H,20,21). The molecule has 0 amide bonds. The van der Waals surface area contributed by atoms with E-state index in [4.69, 9.17) is 16.7 Å². The van der Waals surface area contributed by atoms with Crippen LogP contribution in [0, 0.1) is 11.6 Å². The van der Waals surface area contributed by atoms with Gasteiger partial charge < -0.3 is 10.4 Å². The Balaban J connectivity index is 2.23. The minimum Gasteiger partial charge on any atom is -0.478 e. The molecule has 0 saturated heterocycles. The second-order valence-electron chi connectivity index (χ2n) is 4.54. The van der Waals surface area contributed by atoms with E-state index in [1.807, 2.05) is 0 Å². The summed E-state index contributed by atoms with van der Waals surface area (Å²) in [6.45, 7) is 1.77. The van der Waals surface area contributed by atoms with Crippen LogP contribution in [0.15, 0.2) is 36.4 Å². The van der Waals surface area contributed by atoms with Gasteiger partial charge in [-0.25, -0.2) is 13.6 Å². The predicted octanol–water partition coefficient (Wildman–Crippen LogP) is 4.49. The van der Waals surface area contributed by atoms with Gasteiger partial charge in [-0.3, -0.25) is 0 Å². The van der Waals surface area contributed by atoms with Crippen LogP contribution in [0.25, 0.3) is 0 Å². The lowest BCUT2D eigenvalue weighted by atomic mass is 10.1. The molecule has 0 radical (unpaired) electrons. The second kappa shape index (κ2) is 6.10. The molecule has 1 unspecified atom stereocenters. The largest absolute Gasteiger partial charge is 0.478 e. The molecule has 6 heteroatoms. The maximum absolute atomic E-state index is 13.4. The van der Waals surface area contributed by atoms with Crippen molar-refractivity contribution in [2.75, 3.05) is 5.32 Å². The first-order chi connectivity index (χ1) is 9.88. The first kappa shape index (κ1) is 15.3. The highest BCUT2D eigenvalue weighted by Gasteiger charge is 2.13. The number of aromatic carboxylic acids is 1. The van der Waals surface area contributed by atoms with Crippen molar-refractivity contribution in [3.8, 4) is 0 Å². The molecule has 0 bridgehead atoms. The van der Waals surface area contributed by atoms with Crippen molar-refractivity contribution in [1.29, 1.82) is 0 Å². The number of benzene rings is 2. The van der Waals surface area contributed by atoms with Crippen LogP contribution in [0.5, 0.6) is 0 Å². The van der Waals surface area contributed by atoms with Gasteiger partial charge in [0.15, 0.2) is 0 Å². The van der Waals surface area contributed by atoms with E-state index in [9.17, 15) is 13.6 Å². The van der Waals surface area contributed by atoms with Gasteiger partial charge in [-0.2, -0.15) is 0 Å². The summed E-state index contributed by atoms with van der Waals surface area (Å²) >= 11 is 5.62. The topological polar surface area (TPSA) is 49.3 Å². The Hall–Kier alpha value is -2.14. The molecule has 0 spiro atoms. The minimum absolute atomic E-state index is 0.0286. The number of carboxylic acids is 1. The summed E-state index contributed by atoms with van der Waals surface area (Å²) in [5, 5.41) is 11.9. The number of carbonyl (C=O) groups is 1. The average molecular weight is 312 g/mol. The van der Waals surface area contributed by atoms with Crippen molar-refractivity contribution in [3.05, 3.63) is 64.2 Å². The monoisotopic (exact) mass is 311 g/mol. The summed E-state index contributed by atoms with van der Waals surface area (Å²) in [5.74, 6) is -2.69. The summed E-state index contributed by atoms with van der Waals surface area (Å²) < 4.78 is 26.7. The Morgan fingerprint density at radius 1 is 1.19 bits per heavy atom. The van der Waals surface area contributed by atoms with E-state index < -0.39 is 23.2 Å². The SMILES string of the molecule is CC(Nc1ccc(F)c(C(=O)O)c1)c1ccc(Cl)c(F)c1. The van der Waals surface area contributed by atoms with Crippen LogP contribution in [0.1, 0.15) is 28.9 Å². The Morgan fingerprint density at radius 2 is 1.90 bits per heavy atom. The van der Waals surface area contributed by atoms with Gasteiger partial charge in [-0.15, -0.1) is 0 Å². The van der Waals surface area contributed by atoms with Gasteiger partial charge in [0.25, 0.3) is 0 Å². The summed E-state index contributed by atoms with van der Waals surface area (Å²) in [5.41, 5.74) is 0.643. The van der Waals surface area contributed by atoms with E-state index in [1.165, 1.54) is 24.3 Å². The summed E-state index contributed by atoms with van der Waals surface area (Å²) in [6.07, 6.45) is 0. The fourth-order valence-corrected chi connectivity index (χ4v) is 2.01. The third kappa shape index (κ3) is 3.49. The van der Waals surface area contributed by atoms with Crippen LogP contribution in [-0.4, -0.2) is 11.1 Å². The molecule has 110 valence electrons. The molecule has 0 aliphatic heterocycles. The van der Waals surface area contributed by atoms with Crippen LogP contribution in [0.3, 0.4) is 0 Å². The first-order valence-electron chi connectivity index (χ1n) is 6.13. The number of halogens is 3. The van der Waals surface area contributed by atoms with Crippen LogP contribution in [0.4, 0.5) is 14.5 Å². The third-order valence-electron chi connectivity index (χ3n) is 3.02. The smallest absolute Gasteiger partial charge is 0.338 e. The summed E-state index contributed by atoms with van der Waals surface area (Å²) in [4.78, 5) is 10.9. The Kier molecular flexibility index (Phi) is 4.43. The van der Waals surface area contributed by atoms with Crippen LogP contribution in [0.2, 0.25) is 5.02 Å². The van der Waals surface area contributed by atoms with E-state index in [2.05, 4.69) is 5.32 Å². The van der Waals surface area contributed by atoms with Crippen LogP contribution in [-0.2, 0) is 0 Å². The van der Waals surface area contributed by atoms with E-state index in [-0.39, 0.29) is 11.1 Å². The number of hydrogen-bond donors (Lipinski definition) is 2. The molecule has 0 aliphatic rings. The molecule has 2 aromatic carbocycles. The molecule has 2 aromatic rings. The molecule has 0 heterocycles. The quantitative estimate of drug-likeness (QED) is 0.874. The molecular formula is C15H12ClF2NO2. The van der Waals surface area contributed by atoms with E-state index in [0.717, 1.165) is 6.07 Å². The van der Waals surface area contributed by atoms with Crippen molar-refractivity contribution in [3.63, 3.8) is 0 Å². The fourth-order valence-electron chi connectivity index (χ4n) is 1.89. The Labute approximate surface area is 125 Å². The highest BCUT2D eigenvalue weighted by Crippen LogP contribution is 2.24. The van der Waals surface area contributed by atoms with Gasteiger partial charge in [0.05, 0.1) is 10.6 Å². The van der Waals surface area contributed by atoms with Crippen molar-refractivity contribution in [2.45, 2.75) is 13.0 Å². The van der Waals surface area contributed by atoms with Crippen molar-refractivity contribution in [2.24, 2.45) is 0 Å². The maximum Gasteiger partial charge on any atom is 0.338 e. The lowest BCUT2D eigenvalue weighted by Crippen LogP contribution is -2.09. The zero-order chi connectivity index (χ0) is 15.6. The second-order valence-corrected chi connectivity index (χ2v) is 4.95. The normalized spacial score (nSPS) is 12.0. The van der Waals surface area contributed by atoms with Gasteiger partial charge in [0, 0.05) is 11.7 Å². The van der Waals surface area contributed by atoms with Crippen molar-refractivity contribution >= 4 is 23.3 Å². The molecule has 3 nitrogen and oxygen atoms in total. The van der Waals surface area contributed by atoms with Gasteiger partial charge in [-0.1, -0.05) is 17.7 Å². The zero-order valence-electron chi connectivity index (χ0n) is 11.0. The third-order valence-corrected chi connectivity index (χ3v) is 3.33. The van der Waals surface area contributed by atoms with Crippen LogP contribution >= 0.6 is 11.6 Å². The maximum atomic E-state index is 13.4. The molecule has 21 heavy (non-hydrogen) atoms. The number of anilines is 1. The van der Waals surface area contributed by atoms with E-state index >= 15 is 0 Å². The van der Waals surface area contributed by atoms with Gasteiger partial charge in [0.1, 0.15) is 11.6 Å². The lowest BCUT2D eigenvalue weighted by Gasteiger charge is -2.16. The van der Waals surface area contributed by atoms with Crippen molar-refractivity contribution in [1.82, 2.24) is 0 Å². The zero-order valence-corrected chi connectivity index (χ0v) is 11.8. The van der Waals surface area contributed by atoms with Crippen molar-refractivity contribution < 1.29 is 18.7 Å². The van der Waals surface area contributed by atoms with E-state index in [1.54, 1.807) is 13.0 Å². The highest BCUT2D eigenvalue weighted by molar-refractivity contribution is 6.30. The molecule has 0 aromatic heterocycles. The number of carboxylic acid groups (broad SMARTS) is 1. The number of nitrogens with one attached hydrogen (secondary N) is 1. The summed E-state index contributed by atoms with van der Waals surface area (Å²) in [7, 11) is 0. The molecular weight excluding hydrogens is 300 g/mol. The number of rotatable bonds is 4.